The van der Waals surface area contributed by atoms with Crippen LogP contribution in [0.5, 0.6) is 0 Å². The zero-order valence-corrected chi connectivity index (χ0v) is 9.11. The molecule has 1 aromatic carbocycles. The highest BCUT2D eigenvalue weighted by Crippen LogP contribution is 2.18. The minimum absolute atomic E-state index is 0.486. The second-order valence-corrected chi connectivity index (χ2v) is 4.03. The highest BCUT2D eigenvalue weighted by Gasteiger charge is 2.04. The van der Waals surface area contributed by atoms with Gasteiger partial charge in [0.2, 0.25) is 0 Å². The molecule has 1 rings (SSSR count). The number of hydrogen-bond donors (Lipinski definition) is 1. The first-order valence-corrected chi connectivity index (χ1v) is 4.83. The van der Waals surface area contributed by atoms with Gasteiger partial charge in [0.05, 0.1) is 0 Å². The molecule has 0 heterocycles. The molecule has 0 radical (unpaired) electrons. The molecule has 2 N–H and O–H groups in total. The number of rotatable bonds is 2. The highest BCUT2D eigenvalue weighted by atomic mass is 32.1. The summed E-state index contributed by atoms with van der Waals surface area (Å²) < 4.78 is 0. The third-order valence-electron chi connectivity index (χ3n) is 2.19. The molecule has 0 aliphatic rings. The summed E-state index contributed by atoms with van der Waals surface area (Å²) in [5.74, 6) is 0.522. The quantitative estimate of drug-likeness (QED) is 0.731. The Labute approximate surface area is 85.0 Å². The van der Waals surface area contributed by atoms with Crippen LogP contribution in [-0.2, 0) is 0 Å². The number of benzene rings is 1. The summed E-state index contributed by atoms with van der Waals surface area (Å²) in [6, 6.07) is 6.29. The molecule has 0 atom stereocenters. The van der Waals surface area contributed by atoms with E-state index in [0.29, 0.717) is 10.9 Å². The number of hydrogen-bond acceptors (Lipinski definition) is 1. The molecule has 0 saturated heterocycles. The van der Waals surface area contributed by atoms with Crippen molar-refractivity contribution in [3.8, 4) is 0 Å². The summed E-state index contributed by atoms with van der Waals surface area (Å²) in [4.78, 5) is 0.486. The molecule has 2 heteroatoms. The lowest BCUT2D eigenvalue weighted by molar-refractivity contribution is 0.865. The maximum atomic E-state index is 5.62. The van der Waals surface area contributed by atoms with E-state index in [0.717, 1.165) is 11.1 Å². The largest absolute Gasteiger partial charge is 0.389 e. The van der Waals surface area contributed by atoms with E-state index >= 15 is 0 Å². The third-order valence-corrected chi connectivity index (χ3v) is 2.41. The van der Waals surface area contributed by atoms with Crippen LogP contribution in [0.4, 0.5) is 0 Å². The van der Waals surface area contributed by atoms with Gasteiger partial charge in [-0.25, -0.2) is 0 Å². The van der Waals surface area contributed by atoms with Gasteiger partial charge in [-0.05, 0) is 30.0 Å². The fourth-order valence-corrected chi connectivity index (χ4v) is 1.48. The lowest BCUT2D eigenvalue weighted by Crippen LogP contribution is -2.11. The summed E-state index contributed by atoms with van der Waals surface area (Å²) in [7, 11) is 0. The molecule has 1 nitrogen and oxygen atoms in total. The van der Waals surface area contributed by atoms with Crippen LogP contribution in [0.1, 0.15) is 36.5 Å². The van der Waals surface area contributed by atoms with E-state index in [1.807, 2.05) is 6.92 Å². The molecule has 1 aromatic rings. The summed E-state index contributed by atoms with van der Waals surface area (Å²) in [5.41, 5.74) is 9.05. The van der Waals surface area contributed by atoms with E-state index in [-0.39, 0.29) is 0 Å². The van der Waals surface area contributed by atoms with Gasteiger partial charge in [-0.15, -0.1) is 0 Å². The minimum atomic E-state index is 0.486. The van der Waals surface area contributed by atoms with Crippen molar-refractivity contribution < 1.29 is 0 Å². The van der Waals surface area contributed by atoms with Crippen LogP contribution in [-0.4, -0.2) is 4.99 Å². The molecule has 0 amide bonds. The number of thiocarbonyl (C=S) groups is 1. The maximum absolute atomic E-state index is 5.62. The summed E-state index contributed by atoms with van der Waals surface area (Å²) in [6.45, 7) is 6.35. The molecular weight excluding hydrogens is 178 g/mol. The van der Waals surface area contributed by atoms with Crippen molar-refractivity contribution in [3.63, 3.8) is 0 Å². The van der Waals surface area contributed by atoms with Gasteiger partial charge in [0.25, 0.3) is 0 Å². The predicted octanol–water partition coefficient (Wildman–Crippen LogP) is 2.75. The Morgan fingerprint density at radius 2 is 2.00 bits per heavy atom. The second-order valence-electron chi connectivity index (χ2n) is 3.59. The molecule has 13 heavy (non-hydrogen) atoms. The lowest BCUT2D eigenvalue weighted by Gasteiger charge is -2.09. The molecule has 0 bridgehead atoms. The van der Waals surface area contributed by atoms with Crippen LogP contribution in [0, 0.1) is 6.92 Å². The Morgan fingerprint density at radius 3 is 2.46 bits per heavy atom. The van der Waals surface area contributed by atoms with Crippen LogP contribution in [0.25, 0.3) is 0 Å². The van der Waals surface area contributed by atoms with E-state index in [1.165, 1.54) is 5.56 Å². The van der Waals surface area contributed by atoms with E-state index < -0.39 is 0 Å². The molecule has 0 aromatic heterocycles. The monoisotopic (exact) mass is 193 g/mol. The normalized spacial score (nSPS) is 10.5. The van der Waals surface area contributed by atoms with Crippen molar-refractivity contribution in [2.24, 2.45) is 5.73 Å². The first-order chi connectivity index (χ1) is 6.02. The van der Waals surface area contributed by atoms with Crippen LogP contribution < -0.4 is 5.73 Å². The Kier molecular flexibility index (Phi) is 3.04. The molecule has 0 aliphatic carbocycles. The van der Waals surface area contributed by atoms with Crippen molar-refractivity contribution in [2.45, 2.75) is 26.7 Å². The van der Waals surface area contributed by atoms with Crippen molar-refractivity contribution in [1.82, 2.24) is 0 Å². The zero-order valence-electron chi connectivity index (χ0n) is 8.29. The molecule has 70 valence electrons. The van der Waals surface area contributed by atoms with Crippen LogP contribution >= 0.6 is 12.2 Å². The fraction of sp³-hybridized carbons (Fsp3) is 0.364. The van der Waals surface area contributed by atoms with Crippen molar-refractivity contribution in [1.29, 1.82) is 0 Å². The Hall–Kier alpha value is -0.890. The van der Waals surface area contributed by atoms with Gasteiger partial charge in [-0.3, -0.25) is 0 Å². The molecule has 0 unspecified atom stereocenters. The molecule has 0 spiro atoms. The Bertz CT molecular complexity index is 329. The zero-order chi connectivity index (χ0) is 10.0. The van der Waals surface area contributed by atoms with Crippen molar-refractivity contribution >= 4 is 17.2 Å². The predicted molar refractivity (Wildman–Crippen MR) is 61.2 cm³/mol. The van der Waals surface area contributed by atoms with E-state index in [4.69, 9.17) is 18.0 Å². The Balaban J connectivity index is 3.19. The molecule has 0 saturated carbocycles. The maximum Gasteiger partial charge on any atom is 0.104 e. The summed E-state index contributed by atoms with van der Waals surface area (Å²) in [5, 5.41) is 0. The molecule has 0 fully saturated rings. The van der Waals surface area contributed by atoms with Crippen LogP contribution in [0.3, 0.4) is 0 Å². The number of nitrogens with two attached hydrogens (primary N) is 1. The van der Waals surface area contributed by atoms with Crippen LogP contribution in [0.2, 0.25) is 0 Å². The van der Waals surface area contributed by atoms with E-state index in [1.54, 1.807) is 0 Å². The molecule has 0 aliphatic heterocycles. The number of aryl methyl sites for hydroxylation is 1. The van der Waals surface area contributed by atoms with Gasteiger partial charge in [0, 0.05) is 5.56 Å². The topological polar surface area (TPSA) is 26.0 Å². The average Bonchev–Trinajstić information content (AvgIpc) is 2.04. The van der Waals surface area contributed by atoms with E-state index in [2.05, 4.69) is 32.0 Å². The van der Waals surface area contributed by atoms with Crippen LogP contribution in [0.15, 0.2) is 18.2 Å². The third kappa shape index (κ3) is 2.28. The van der Waals surface area contributed by atoms with Gasteiger partial charge < -0.3 is 5.73 Å². The fourth-order valence-electron chi connectivity index (χ4n) is 1.26. The minimum Gasteiger partial charge on any atom is -0.389 e. The Morgan fingerprint density at radius 1 is 1.38 bits per heavy atom. The highest BCUT2D eigenvalue weighted by molar-refractivity contribution is 7.80. The average molecular weight is 193 g/mol. The SMILES string of the molecule is Cc1ccc(C(C)C)cc1C(N)=S. The smallest absolute Gasteiger partial charge is 0.104 e. The van der Waals surface area contributed by atoms with Crippen molar-refractivity contribution in [2.75, 3.05) is 0 Å². The summed E-state index contributed by atoms with van der Waals surface area (Å²) >= 11 is 4.97. The lowest BCUT2D eigenvalue weighted by atomic mass is 9.98. The standard InChI is InChI=1S/C11H15NS/c1-7(2)9-5-4-8(3)10(6-9)11(12)13/h4-7H,1-3H3,(H2,12,13). The van der Waals surface area contributed by atoms with Gasteiger partial charge in [0.1, 0.15) is 4.99 Å². The van der Waals surface area contributed by atoms with Gasteiger partial charge in [0.15, 0.2) is 0 Å². The second kappa shape index (κ2) is 3.88. The van der Waals surface area contributed by atoms with Gasteiger partial charge in [-0.1, -0.05) is 38.2 Å². The molecular formula is C11H15NS. The van der Waals surface area contributed by atoms with Crippen molar-refractivity contribution in [3.05, 3.63) is 34.9 Å². The first-order valence-electron chi connectivity index (χ1n) is 4.42. The van der Waals surface area contributed by atoms with E-state index in [9.17, 15) is 0 Å². The van der Waals surface area contributed by atoms with Gasteiger partial charge in [-0.2, -0.15) is 0 Å². The van der Waals surface area contributed by atoms with Gasteiger partial charge >= 0.3 is 0 Å². The first kappa shape index (κ1) is 10.2. The summed E-state index contributed by atoms with van der Waals surface area (Å²) in [6.07, 6.45) is 0.